The molecule has 1 aliphatic rings. The van der Waals surface area contributed by atoms with Crippen molar-refractivity contribution in [3.05, 3.63) is 0 Å². The van der Waals surface area contributed by atoms with E-state index in [0.717, 1.165) is 116 Å². The number of hydrogen-bond donors (Lipinski definition) is 0. The van der Waals surface area contributed by atoms with E-state index in [4.69, 9.17) is 28.4 Å². The quantitative estimate of drug-likeness (QED) is 0.129. The van der Waals surface area contributed by atoms with Crippen LogP contribution in [0.2, 0.25) is 0 Å². The van der Waals surface area contributed by atoms with Gasteiger partial charge in [0.25, 0.3) is 0 Å². The molecule has 0 saturated carbocycles. The van der Waals surface area contributed by atoms with E-state index in [9.17, 15) is 28.8 Å². The van der Waals surface area contributed by atoms with Crippen molar-refractivity contribution in [2.45, 2.75) is 250 Å². The Hall–Kier alpha value is -3.18. The zero-order valence-corrected chi connectivity index (χ0v) is 39.7. The Bertz CT molecular complexity index is 919. The fourth-order valence-corrected chi connectivity index (χ4v) is 7.69. The lowest BCUT2D eigenvalue weighted by Gasteiger charge is -2.07. The molecule has 0 aromatic carbocycles. The van der Waals surface area contributed by atoms with Gasteiger partial charge in [-0.3, -0.25) is 28.8 Å². The molecule has 0 aromatic rings. The second-order valence-corrected chi connectivity index (χ2v) is 17.6. The zero-order valence-electron chi connectivity index (χ0n) is 39.7. The number of carbonyl (C=O) groups is 6. The lowest BCUT2D eigenvalue weighted by atomic mass is 10.1. The van der Waals surface area contributed by atoms with Crippen LogP contribution in [-0.4, -0.2) is 75.5 Å². The summed E-state index contributed by atoms with van der Waals surface area (Å²) in [5.41, 5.74) is 0. The maximum Gasteiger partial charge on any atom is 0.317 e. The molecule has 1 fully saturated rings. The van der Waals surface area contributed by atoms with Crippen LogP contribution in [0.15, 0.2) is 0 Å². The molecule has 0 aromatic heterocycles. The summed E-state index contributed by atoms with van der Waals surface area (Å²) in [5, 5.41) is 0. The molecule has 1 rings (SSSR count). The average molecular weight is 895 g/mol. The average Bonchev–Trinajstić information content (AvgIpc) is 3.25. The SMILES string of the molecule is O=C1CC(=O)OCCCCCCCCCCCCCCOC(=O)CC(=O)OCCCCCCCCCCCCCCOC(=O)CC(=O)OCCCCCCCCCCCCCCO1. The van der Waals surface area contributed by atoms with Crippen molar-refractivity contribution in [2.24, 2.45) is 0 Å². The lowest BCUT2D eigenvalue weighted by molar-refractivity contribution is -0.156. The Balaban J connectivity index is 2.20. The van der Waals surface area contributed by atoms with Gasteiger partial charge in [0.15, 0.2) is 0 Å². The molecule has 12 heteroatoms. The molecular weight excluding hydrogens is 805 g/mol. The largest absolute Gasteiger partial charge is 0.465 e. The summed E-state index contributed by atoms with van der Waals surface area (Å²) in [6.45, 7) is 2.07. The summed E-state index contributed by atoms with van der Waals surface area (Å²) >= 11 is 0. The molecule has 0 radical (unpaired) electrons. The molecule has 0 N–H and O–H groups in total. The van der Waals surface area contributed by atoms with Crippen molar-refractivity contribution in [1.29, 1.82) is 0 Å². The van der Waals surface area contributed by atoms with Crippen molar-refractivity contribution >= 4 is 35.8 Å². The maximum absolute atomic E-state index is 12.0. The van der Waals surface area contributed by atoms with E-state index in [0.29, 0.717) is 39.6 Å². The Labute approximate surface area is 382 Å². The van der Waals surface area contributed by atoms with Crippen LogP contribution in [0.4, 0.5) is 0 Å². The van der Waals surface area contributed by atoms with Crippen LogP contribution in [0, 0.1) is 0 Å². The highest BCUT2D eigenvalue weighted by Gasteiger charge is 2.14. The summed E-state index contributed by atoms with van der Waals surface area (Å²) in [7, 11) is 0. The van der Waals surface area contributed by atoms with E-state index >= 15 is 0 Å². The third-order valence-electron chi connectivity index (χ3n) is 11.6. The van der Waals surface area contributed by atoms with E-state index in [1.807, 2.05) is 0 Å². The number of esters is 6. The monoisotopic (exact) mass is 895 g/mol. The fourth-order valence-electron chi connectivity index (χ4n) is 7.69. The molecule has 1 saturated heterocycles. The predicted molar refractivity (Wildman–Crippen MR) is 246 cm³/mol. The molecule has 1 heterocycles. The minimum atomic E-state index is -0.511. The van der Waals surface area contributed by atoms with Crippen LogP contribution in [0.1, 0.15) is 250 Å². The van der Waals surface area contributed by atoms with Crippen molar-refractivity contribution < 1.29 is 57.2 Å². The summed E-state index contributed by atoms with van der Waals surface area (Å²) in [6.07, 6.45) is 38.2. The summed E-state index contributed by atoms with van der Waals surface area (Å²) in [4.78, 5) is 71.9. The van der Waals surface area contributed by atoms with E-state index in [-0.39, 0.29) is 19.3 Å². The first-order valence-corrected chi connectivity index (χ1v) is 25.8. The van der Waals surface area contributed by atoms with Gasteiger partial charge in [-0.05, 0) is 38.5 Å². The smallest absolute Gasteiger partial charge is 0.317 e. The van der Waals surface area contributed by atoms with Crippen molar-refractivity contribution in [3.8, 4) is 0 Å². The normalized spacial score (nSPS) is 22.3. The standard InChI is InChI=1S/C51H90O12/c52-46-43-48(54)60-39-33-27-21-15-9-3-4-11-17-23-29-35-41-62-50(56)45-51(57)63-42-36-30-24-18-12-6-5-10-16-22-28-34-40-61-49(55)44-47(53)59-38-32-26-20-14-8-2-1-7-13-19-25-31-37-58-46/h1-45H2. The first-order valence-electron chi connectivity index (χ1n) is 25.8. The molecule has 12 nitrogen and oxygen atoms in total. The van der Waals surface area contributed by atoms with Crippen LogP contribution in [0.25, 0.3) is 0 Å². The van der Waals surface area contributed by atoms with E-state index < -0.39 is 35.8 Å². The minimum absolute atomic E-state index is 0.323. The molecular formula is C51H90O12. The van der Waals surface area contributed by atoms with E-state index in [1.165, 1.54) is 116 Å². The van der Waals surface area contributed by atoms with Crippen molar-refractivity contribution in [2.75, 3.05) is 39.6 Å². The van der Waals surface area contributed by atoms with Gasteiger partial charge in [0.05, 0.1) is 39.6 Å². The number of rotatable bonds is 0. The Morgan fingerprint density at radius 3 is 0.365 bits per heavy atom. The summed E-state index contributed by atoms with van der Waals surface area (Å²) < 4.78 is 31.4. The molecule has 0 atom stereocenters. The first-order chi connectivity index (χ1) is 30.9. The molecule has 366 valence electrons. The summed E-state index contributed by atoms with van der Waals surface area (Å²) in [6, 6.07) is 0. The van der Waals surface area contributed by atoms with Crippen molar-refractivity contribution in [3.63, 3.8) is 0 Å². The van der Waals surface area contributed by atoms with E-state index in [1.54, 1.807) is 0 Å². The topological polar surface area (TPSA) is 158 Å². The van der Waals surface area contributed by atoms with Gasteiger partial charge in [-0.2, -0.15) is 0 Å². The third-order valence-corrected chi connectivity index (χ3v) is 11.6. The van der Waals surface area contributed by atoms with Crippen LogP contribution < -0.4 is 0 Å². The summed E-state index contributed by atoms with van der Waals surface area (Å²) in [5.74, 6) is -3.07. The zero-order chi connectivity index (χ0) is 45.5. The van der Waals surface area contributed by atoms with Crippen LogP contribution in [0.3, 0.4) is 0 Å². The van der Waals surface area contributed by atoms with Gasteiger partial charge in [-0.25, -0.2) is 0 Å². The van der Waals surface area contributed by atoms with Gasteiger partial charge in [0, 0.05) is 0 Å². The maximum atomic E-state index is 12.0. The highest BCUT2D eigenvalue weighted by Crippen LogP contribution is 2.15. The predicted octanol–water partition coefficient (Wildman–Crippen LogP) is 12.5. The van der Waals surface area contributed by atoms with Gasteiger partial charge in [0.1, 0.15) is 19.3 Å². The van der Waals surface area contributed by atoms with Crippen LogP contribution >= 0.6 is 0 Å². The van der Waals surface area contributed by atoms with Gasteiger partial charge in [-0.15, -0.1) is 0 Å². The lowest BCUT2D eigenvalue weighted by Crippen LogP contribution is -2.15. The molecule has 0 amide bonds. The molecule has 0 aliphatic carbocycles. The Morgan fingerprint density at radius 2 is 0.254 bits per heavy atom. The van der Waals surface area contributed by atoms with Gasteiger partial charge >= 0.3 is 35.8 Å². The fraction of sp³-hybridized carbons (Fsp3) is 0.882. The molecule has 63 heavy (non-hydrogen) atoms. The van der Waals surface area contributed by atoms with Crippen molar-refractivity contribution in [1.82, 2.24) is 0 Å². The number of cyclic esters (lactones) is 6. The molecule has 0 bridgehead atoms. The highest BCUT2D eigenvalue weighted by molar-refractivity contribution is 5.92. The Morgan fingerprint density at radius 1 is 0.159 bits per heavy atom. The minimum Gasteiger partial charge on any atom is -0.465 e. The number of carbonyl (C=O) groups excluding carboxylic acids is 6. The van der Waals surface area contributed by atoms with Gasteiger partial charge in [-0.1, -0.05) is 193 Å². The number of ether oxygens (including phenoxy) is 6. The second-order valence-electron chi connectivity index (χ2n) is 17.6. The third kappa shape index (κ3) is 43.8. The van der Waals surface area contributed by atoms with Crippen LogP contribution in [0.5, 0.6) is 0 Å². The number of hydrogen-bond acceptors (Lipinski definition) is 12. The Kier molecular flexibility index (Phi) is 41.7. The molecule has 1 aliphatic heterocycles. The van der Waals surface area contributed by atoms with Gasteiger partial charge in [0.2, 0.25) is 0 Å². The molecule has 0 spiro atoms. The molecule has 0 unspecified atom stereocenters. The van der Waals surface area contributed by atoms with E-state index in [2.05, 4.69) is 0 Å². The van der Waals surface area contributed by atoms with Gasteiger partial charge < -0.3 is 28.4 Å². The second kappa shape index (κ2) is 45.4. The van der Waals surface area contributed by atoms with Crippen LogP contribution in [-0.2, 0) is 57.2 Å². The first kappa shape index (κ1) is 57.8. The highest BCUT2D eigenvalue weighted by atomic mass is 16.6.